The van der Waals surface area contributed by atoms with E-state index >= 15 is 0 Å². The summed E-state index contributed by atoms with van der Waals surface area (Å²) in [5, 5.41) is 4.84. The van der Waals surface area contributed by atoms with Crippen molar-refractivity contribution in [3.05, 3.63) is 52.1 Å². The number of carbonyl (C=O) groups excluding carboxylic acids is 1. The standard InChI is InChI=1S/C26H29BrN2O4/c1-25(2,3)33-24(30)28-14-18-11-16-12-20(31-6)23-19(13-26(4,5)32-23)21(16)22(29-18)15-8-7-9-17(27)10-15/h7-12H,13-14H2,1-6H3,(H,28,30). The van der Waals surface area contributed by atoms with Crippen molar-refractivity contribution in [2.24, 2.45) is 0 Å². The number of halogens is 1. The fraction of sp³-hybridized carbons (Fsp3) is 0.385. The quantitative estimate of drug-likeness (QED) is 0.437. The van der Waals surface area contributed by atoms with Crippen molar-refractivity contribution in [3.63, 3.8) is 0 Å². The Balaban J connectivity index is 1.86. The number of hydrogen-bond acceptors (Lipinski definition) is 5. The molecular formula is C26H29BrN2O4. The Hall–Kier alpha value is -2.80. The largest absolute Gasteiger partial charge is 0.493 e. The minimum absolute atomic E-state index is 0.243. The molecule has 3 aromatic rings. The van der Waals surface area contributed by atoms with Gasteiger partial charge >= 0.3 is 6.09 Å². The van der Waals surface area contributed by atoms with Crippen molar-refractivity contribution in [1.82, 2.24) is 10.3 Å². The Labute approximate surface area is 202 Å². The normalized spacial score (nSPS) is 14.5. The van der Waals surface area contributed by atoms with Gasteiger partial charge in [0, 0.05) is 27.4 Å². The third kappa shape index (κ3) is 5.08. The molecule has 0 bridgehead atoms. The van der Waals surface area contributed by atoms with Gasteiger partial charge in [-0.05, 0) is 64.3 Å². The number of fused-ring (bicyclic) bond motifs is 3. The van der Waals surface area contributed by atoms with Gasteiger partial charge in [0.25, 0.3) is 0 Å². The summed E-state index contributed by atoms with van der Waals surface area (Å²) in [5.41, 5.74) is 2.73. The topological polar surface area (TPSA) is 69.7 Å². The van der Waals surface area contributed by atoms with Crippen LogP contribution in [0.2, 0.25) is 0 Å². The van der Waals surface area contributed by atoms with Crippen LogP contribution in [-0.2, 0) is 17.7 Å². The summed E-state index contributed by atoms with van der Waals surface area (Å²) in [4.78, 5) is 17.2. The maximum Gasteiger partial charge on any atom is 0.407 e. The van der Waals surface area contributed by atoms with Crippen LogP contribution in [0.15, 0.2) is 40.9 Å². The number of nitrogens with zero attached hydrogens (tertiary/aromatic N) is 1. The van der Waals surface area contributed by atoms with Crippen molar-refractivity contribution >= 4 is 32.8 Å². The lowest BCUT2D eigenvalue weighted by atomic mass is 9.93. The second-order valence-electron chi connectivity index (χ2n) is 9.85. The van der Waals surface area contributed by atoms with Crippen molar-refractivity contribution in [3.8, 4) is 22.8 Å². The summed E-state index contributed by atoms with van der Waals surface area (Å²) in [6.07, 6.45) is 0.267. The van der Waals surface area contributed by atoms with Gasteiger partial charge < -0.3 is 19.5 Å². The Bertz CT molecular complexity index is 1230. The molecule has 174 valence electrons. The van der Waals surface area contributed by atoms with Crippen LogP contribution in [0.3, 0.4) is 0 Å². The fourth-order valence-electron chi connectivity index (χ4n) is 4.10. The van der Waals surface area contributed by atoms with Crippen LogP contribution in [0.1, 0.15) is 45.9 Å². The molecule has 1 amide bonds. The first-order valence-corrected chi connectivity index (χ1v) is 11.7. The zero-order valence-corrected chi connectivity index (χ0v) is 21.4. The van der Waals surface area contributed by atoms with E-state index in [4.69, 9.17) is 19.2 Å². The van der Waals surface area contributed by atoms with Gasteiger partial charge in [0.1, 0.15) is 11.2 Å². The maximum atomic E-state index is 12.2. The molecule has 0 saturated carbocycles. The van der Waals surface area contributed by atoms with Crippen LogP contribution >= 0.6 is 15.9 Å². The van der Waals surface area contributed by atoms with Crippen LogP contribution in [0.25, 0.3) is 22.0 Å². The number of carbonyl (C=O) groups is 1. The predicted octanol–water partition coefficient (Wildman–Crippen LogP) is 6.41. The van der Waals surface area contributed by atoms with Gasteiger partial charge in [0.05, 0.1) is 25.0 Å². The van der Waals surface area contributed by atoms with Crippen molar-refractivity contribution in [2.45, 2.75) is 58.8 Å². The average molecular weight is 513 g/mol. The van der Waals surface area contributed by atoms with Gasteiger partial charge in [-0.15, -0.1) is 0 Å². The first-order chi connectivity index (χ1) is 15.5. The number of amides is 1. The van der Waals surface area contributed by atoms with Gasteiger partial charge in [-0.3, -0.25) is 4.98 Å². The summed E-state index contributed by atoms with van der Waals surface area (Å²) in [6, 6.07) is 12.0. The number of benzene rings is 2. The summed E-state index contributed by atoms with van der Waals surface area (Å²) in [5.74, 6) is 1.47. The molecule has 7 heteroatoms. The van der Waals surface area contributed by atoms with Gasteiger partial charge in [-0.1, -0.05) is 28.1 Å². The number of aromatic nitrogens is 1. The Morgan fingerprint density at radius 1 is 1.24 bits per heavy atom. The summed E-state index contributed by atoms with van der Waals surface area (Å²) >= 11 is 3.58. The SMILES string of the molecule is COc1cc2cc(CNC(=O)OC(C)(C)C)nc(-c3cccc(Br)c3)c2c2c1OC(C)(C)C2. The van der Waals surface area contributed by atoms with Crippen molar-refractivity contribution in [2.75, 3.05) is 7.11 Å². The molecule has 0 atom stereocenters. The van der Waals surface area contributed by atoms with Crippen LogP contribution in [0.5, 0.6) is 11.5 Å². The van der Waals surface area contributed by atoms with Crippen LogP contribution < -0.4 is 14.8 Å². The molecule has 0 unspecified atom stereocenters. The lowest BCUT2D eigenvalue weighted by Crippen LogP contribution is -2.32. The summed E-state index contributed by atoms with van der Waals surface area (Å²) in [7, 11) is 1.65. The highest BCUT2D eigenvalue weighted by Crippen LogP contribution is 2.48. The van der Waals surface area contributed by atoms with E-state index in [9.17, 15) is 4.79 Å². The molecule has 0 saturated heterocycles. The van der Waals surface area contributed by atoms with Gasteiger partial charge in [0.2, 0.25) is 0 Å². The van der Waals surface area contributed by atoms with E-state index in [0.29, 0.717) is 5.75 Å². The highest BCUT2D eigenvalue weighted by molar-refractivity contribution is 9.10. The average Bonchev–Trinajstić information content (AvgIpc) is 3.04. The van der Waals surface area contributed by atoms with E-state index in [-0.39, 0.29) is 12.1 Å². The monoisotopic (exact) mass is 512 g/mol. The van der Waals surface area contributed by atoms with Crippen molar-refractivity contribution < 1.29 is 19.0 Å². The van der Waals surface area contributed by atoms with E-state index < -0.39 is 11.7 Å². The highest BCUT2D eigenvalue weighted by atomic mass is 79.9. The molecule has 0 aliphatic carbocycles. The van der Waals surface area contributed by atoms with Gasteiger partial charge in [-0.25, -0.2) is 4.79 Å². The van der Waals surface area contributed by atoms with E-state index in [1.165, 1.54) is 0 Å². The lowest BCUT2D eigenvalue weighted by Gasteiger charge is -2.20. The third-order valence-electron chi connectivity index (χ3n) is 5.30. The first kappa shape index (κ1) is 23.4. The minimum Gasteiger partial charge on any atom is -0.493 e. The fourth-order valence-corrected chi connectivity index (χ4v) is 4.50. The lowest BCUT2D eigenvalue weighted by molar-refractivity contribution is 0.0523. The number of hydrogen-bond donors (Lipinski definition) is 1. The van der Waals surface area contributed by atoms with Crippen LogP contribution in [0, 0.1) is 0 Å². The molecule has 1 aliphatic rings. The molecule has 4 rings (SSSR count). The van der Waals surface area contributed by atoms with E-state index in [1.807, 2.05) is 57.2 Å². The number of nitrogens with one attached hydrogen (secondary N) is 1. The molecule has 1 aromatic heterocycles. The Morgan fingerprint density at radius 3 is 2.67 bits per heavy atom. The molecule has 33 heavy (non-hydrogen) atoms. The van der Waals surface area contributed by atoms with Crippen LogP contribution in [-0.4, -0.2) is 29.4 Å². The summed E-state index contributed by atoms with van der Waals surface area (Å²) < 4.78 is 18.3. The Morgan fingerprint density at radius 2 is 2.00 bits per heavy atom. The molecule has 6 nitrogen and oxygen atoms in total. The second kappa shape index (κ2) is 8.52. The number of pyridine rings is 1. The molecule has 2 heterocycles. The van der Waals surface area contributed by atoms with Crippen molar-refractivity contribution in [1.29, 1.82) is 0 Å². The Kier molecular flexibility index (Phi) is 6.03. The van der Waals surface area contributed by atoms with E-state index in [1.54, 1.807) is 7.11 Å². The number of rotatable bonds is 4. The smallest absolute Gasteiger partial charge is 0.407 e. The minimum atomic E-state index is -0.566. The van der Waals surface area contributed by atoms with Gasteiger partial charge in [-0.2, -0.15) is 0 Å². The molecular weight excluding hydrogens is 484 g/mol. The first-order valence-electron chi connectivity index (χ1n) is 10.9. The number of methoxy groups -OCH3 is 1. The molecule has 0 spiro atoms. The molecule has 0 fully saturated rings. The molecule has 0 radical (unpaired) electrons. The van der Waals surface area contributed by atoms with Gasteiger partial charge in [0.15, 0.2) is 11.5 Å². The zero-order chi connectivity index (χ0) is 24.0. The molecule has 1 aliphatic heterocycles. The van der Waals surface area contributed by atoms with E-state index in [0.717, 1.165) is 49.9 Å². The molecule has 1 N–H and O–H groups in total. The highest BCUT2D eigenvalue weighted by Gasteiger charge is 2.35. The summed E-state index contributed by atoms with van der Waals surface area (Å²) in [6.45, 7) is 9.90. The second-order valence-corrected chi connectivity index (χ2v) is 10.8. The maximum absolute atomic E-state index is 12.2. The third-order valence-corrected chi connectivity index (χ3v) is 5.79. The van der Waals surface area contributed by atoms with E-state index in [2.05, 4.69) is 35.1 Å². The zero-order valence-electron chi connectivity index (χ0n) is 19.8. The number of alkyl carbamates (subject to hydrolysis) is 1. The molecule has 2 aromatic carbocycles. The number of ether oxygens (including phenoxy) is 3. The predicted molar refractivity (Wildman–Crippen MR) is 133 cm³/mol. The van der Waals surface area contributed by atoms with Crippen LogP contribution in [0.4, 0.5) is 4.79 Å².